The molecule has 0 saturated carbocycles. The van der Waals surface area contributed by atoms with Crippen LogP contribution in [0.15, 0.2) is 18.2 Å². The Kier molecular flexibility index (Phi) is 4.32. The standard InChI is InChI=1S/C12H13F4NO/c1-7-5-9(3-4-10(7)13)11(18)17-8(2)6-12(14,15)16/h3-5,8H,6H2,1-2H3,(H,17,18). The maximum atomic E-state index is 13.0. The summed E-state index contributed by atoms with van der Waals surface area (Å²) in [5, 5.41) is 2.22. The van der Waals surface area contributed by atoms with Crippen LogP contribution in [0.4, 0.5) is 17.6 Å². The Labute approximate surface area is 102 Å². The lowest BCUT2D eigenvalue weighted by Crippen LogP contribution is -2.35. The highest BCUT2D eigenvalue weighted by atomic mass is 19.4. The third-order valence-electron chi connectivity index (χ3n) is 2.34. The molecule has 1 amide bonds. The van der Waals surface area contributed by atoms with Gasteiger partial charge in [0.15, 0.2) is 0 Å². The predicted molar refractivity (Wildman–Crippen MR) is 58.7 cm³/mol. The van der Waals surface area contributed by atoms with Crippen LogP contribution in [-0.4, -0.2) is 18.1 Å². The number of rotatable bonds is 3. The van der Waals surface area contributed by atoms with E-state index in [0.717, 1.165) is 6.07 Å². The second-order valence-corrected chi connectivity index (χ2v) is 4.16. The van der Waals surface area contributed by atoms with E-state index in [2.05, 4.69) is 5.32 Å². The normalized spacial score (nSPS) is 13.2. The van der Waals surface area contributed by atoms with E-state index in [-0.39, 0.29) is 11.1 Å². The summed E-state index contributed by atoms with van der Waals surface area (Å²) in [5.74, 6) is -1.11. The van der Waals surface area contributed by atoms with Gasteiger partial charge in [-0.2, -0.15) is 13.2 Å². The molecule has 1 aromatic rings. The zero-order chi connectivity index (χ0) is 13.9. The Bertz CT molecular complexity index is 442. The van der Waals surface area contributed by atoms with Gasteiger partial charge in [-0.15, -0.1) is 0 Å². The average Bonchev–Trinajstić information content (AvgIpc) is 2.18. The Hall–Kier alpha value is -1.59. The molecule has 0 aliphatic heterocycles. The van der Waals surface area contributed by atoms with Gasteiger partial charge in [0, 0.05) is 11.6 Å². The van der Waals surface area contributed by atoms with Gasteiger partial charge in [0.2, 0.25) is 0 Å². The van der Waals surface area contributed by atoms with Crippen molar-refractivity contribution in [3.63, 3.8) is 0 Å². The average molecular weight is 263 g/mol. The molecular formula is C12H13F4NO. The van der Waals surface area contributed by atoms with E-state index in [1.54, 1.807) is 0 Å². The van der Waals surface area contributed by atoms with Crippen LogP contribution in [0.1, 0.15) is 29.3 Å². The number of carbonyl (C=O) groups is 1. The Morgan fingerprint density at radius 1 is 1.39 bits per heavy atom. The molecule has 0 bridgehead atoms. The second kappa shape index (κ2) is 5.37. The fourth-order valence-electron chi connectivity index (χ4n) is 1.49. The van der Waals surface area contributed by atoms with Crippen LogP contribution in [0, 0.1) is 12.7 Å². The molecule has 0 aliphatic carbocycles. The van der Waals surface area contributed by atoms with Crippen LogP contribution in [0.3, 0.4) is 0 Å². The molecule has 1 aromatic carbocycles. The third-order valence-corrected chi connectivity index (χ3v) is 2.34. The lowest BCUT2D eigenvalue weighted by molar-refractivity contribution is -0.138. The molecule has 0 fully saturated rings. The molecule has 18 heavy (non-hydrogen) atoms. The number of benzene rings is 1. The number of halogens is 4. The molecule has 0 aliphatic rings. The van der Waals surface area contributed by atoms with Crippen molar-refractivity contribution in [1.82, 2.24) is 5.32 Å². The predicted octanol–water partition coefficient (Wildman–Crippen LogP) is 3.20. The van der Waals surface area contributed by atoms with Gasteiger partial charge in [-0.3, -0.25) is 4.79 Å². The first-order valence-corrected chi connectivity index (χ1v) is 5.33. The van der Waals surface area contributed by atoms with Gasteiger partial charge in [-0.25, -0.2) is 4.39 Å². The Morgan fingerprint density at radius 2 is 2.00 bits per heavy atom. The highest BCUT2D eigenvalue weighted by molar-refractivity contribution is 5.94. The third kappa shape index (κ3) is 4.35. The zero-order valence-corrected chi connectivity index (χ0v) is 9.94. The maximum Gasteiger partial charge on any atom is 0.391 e. The van der Waals surface area contributed by atoms with Crippen molar-refractivity contribution in [1.29, 1.82) is 0 Å². The molecule has 1 rings (SSSR count). The van der Waals surface area contributed by atoms with Gasteiger partial charge in [0.25, 0.3) is 5.91 Å². The Morgan fingerprint density at radius 3 is 2.50 bits per heavy atom. The van der Waals surface area contributed by atoms with Gasteiger partial charge < -0.3 is 5.32 Å². The molecule has 1 N–H and O–H groups in total. The number of hydrogen-bond donors (Lipinski definition) is 1. The number of alkyl halides is 3. The van der Waals surface area contributed by atoms with Gasteiger partial charge >= 0.3 is 6.18 Å². The van der Waals surface area contributed by atoms with Crippen molar-refractivity contribution in [2.24, 2.45) is 0 Å². The minimum absolute atomic E-state index is 0.142. The number of nitrogens with one attached hydrogen (secondary N) is 1. The van der Waals surface area contributed by atoms with Crippen LogP contribution in [-0.2, 0) is 0 Å². The summed E-state index contributed by atoms with van der Waals surface area (Å²) in [4.78, 5) is 11.6. The first-order chi connectivity index (χ1) is 8.19. The van der Waals surface area contributed by atoms with Crippen LogP contribution in [0.2, 0.25) is 0 Å². The van der Waals surface area contributed by atoms with E-state index in [1.165, 1.54) is 26.0 Å². The van der Waals surface area contributed by atoms with Gasteiger partial charge in [-0.1, -0.05) is 0 Å². The summed E-state index contributed by atoms with van der Waals surface area (Å²) in [7, 11) is 0. The van der Waals surface area contributed by atoms with E-state index in [0.29, 0.717) is 0 Å². The smallest absolute Gasteiger partial charge is 0.349 e. The van der Waals surface area contributed by atoms with Crippen molar-refractivity contribution in [3.8, 4) is 0 Å². The maximum absolute atomic E-state index is 13.0. The summed E-state index contributed by atoms with van der Waals surface area (Å²) < 4.78 is 49.2. The lowest BCUT2D eigenvalue weighted by Gasteiger charge is -2.16. The van der Waals surface area contributed by atoms with E-state index in [1.807, 2.05) is 0 Å². The van der Waals surface area contributed by atoms with Crippen LogP contribution in [0.5, 0.6) is 0 Å². The molecule has 0 saturated heterocycles. The fraction of sp³-hybridized carbons (Fsp3) is 0.417. The SMILES string of the molecule is Cc1cc(C(=O)NC(C)CC(F)(F)F)ccc1F. The van der Waals surface area contributed by atoms with Crippen LogP contribution in [0.25, 0.3) is 0 Å². The molecule has 0 radical (unpaired) electrons. The van der Waals surface area contributed by atoms with Crippen molar-refractivity contribution >= 4 is 5.91 Å². The molecule has 1 atom stereocenters. The highest BCUT2D eigenvalue weighted by Gasteiger charge is 2.30. The van der Waals surface area contributed by atoms with E-state index in [9.17, 15) is 22.4 Å². The second-order valence-electron chi connectivity index (χ2n) is 4.16. The molecule has 0 aromatic heterocycles. The molecule has 1 unspecified atom stereocenters. The number of hydrogen-bond acceptors (Lipinski definition) is 1. The largest absolute Gasteiger partial charge is 0.391 e. The van der Waals surface area contributed by atoms with Crippen molar-refractivity contribution in [2.75, 3.05) is 0 Å². The molecule has 0 heterocycles. The molecule has 0 spiro atoms. The summed E-state index contributed by atoms with van der Waals surface area (Å²) in [5.41, 5.74) is 0.411. The first-order valence-electron chi connectivity index (χ1n) is 5.33. The number of amides is 1. The molecular weight excluding hydrogens is 250 g/mol. The lowest BCUT2D eigenvalue weighted by atomic mass is 10.1. The van der Waals surface area contributed by atoms with Crippen molar-refractivity contribution in [2.45, 2.75) is 32.5 Å². The topological polar surface area (TPSA) is 29.1 Å². The summed E-state index contributed by atoms with van der Waals surface area (Å²) in [6.45, 7) is 2.74. The minimum Gasteiger partial charge on any atom is -0.349 e. The van der Waals surface area contributed by atoms with E-state index >= 15 is 0 Å². The zero-order valence-electron chi connectivity index (χ0n) is 9.94. The van der Waals surface area contributed by atoms with E-state index in [4.69, 9.17) is 0 Å². The molecule has 100 valence electrons. The van der Waals surface area contributed by atoms with E-state index < -0.39 is 30.4 Å². The van der Waals surface area contributed by atoms with Gasteiger partial charge in [0.1, 0.15) is 5.82 Å². The van der Waals surface area contributed by atoms with Gasteiger partial charge in [0.05, 0.1) is 6.42 Å². The van der Waals surface area contributed by atoms with Crippen molar-refractivity contribution < 1.29 is 22.4 Å². The molecule has 6 heteroatoms. The van der Waals surface area contributed by atoms with Gasteiger partial charge in [-0.05, 0) is 37.6 Å². The summed E-state index contributed by atoms with van der Waals surface area (Å²) in [6.07, 6.45) is -5.43. The quantitative estimate of drug-likeness (QED) is 0.834. The number of carbonyl (C=O) groups excluding carboxylic acids is 1. The fourth-order valence-corrected chi connectivity index (χ4v) is 1.49. The number of aryl methyl sites for hydroxylation is 1. The van der Waals surface area contributed by atoms with Crippen LogP contribution >= 0.6 is 0 Å². The van der Waals surface area contributed by atoms with Crippen molar-refractivity contribution in [3.05, 3.63) is 35.1 Å². The summed E-state index contributed by atoms with van der Waals surface area (Å²) >= 11 is 0. The highest BCUT2D eigenvalue weighted by Crippen LogP contribution is 2.21. The minimum atomic E-state index is -4.33. The van der Waals surface area contributed by atoms with Crippen LogP contribution < -0.4 is 5.32 Å². The monoisotopic (exact) mass is 263 g/mol. The Balaban J connectivity index is 2.68. The first kappa shape index (κ1) is 14.5. The molecule has 2 nitrogen and oxygen atoms in total. The summed E-state index contributed by atoms with van der Waals surface area (Å²) in [6, 6.07) is 2.62.